The van der Waals surface area contributed by atoms with Gasteiger partial charge in [-0.2, -0.15) is 0 Å². The second kappa shape index (κ2) is 7.25. The summed E-state index contributed by atoms with van der Waals surface area (Å²) in [5.41, 5.74) is 0. The summed E-state index contributed by atoms with van der Waals surface area (Å²) in [4.78, 5) is 14.6. The first-order valence-electron chi connectivity index (χ1n) is 7.92. The van der Waals surface area contributed by atoms with Crippen molar-refractivity contribution in [1.29, 1.82) is 0 Å². The van der Waals surface area contributed by atoms with E-state index in [1.54, 1.807) is 0 Å². The predicted octanol–water partition coefficient (Wildman–Crippen LogP) is 1.37. The predicted molar refractivity (Wildman–Crippen MR) is 78.1 cm³/mol. The molecule has 2 atom stereocenters. The van der Waals surface area contributed by atoms with Gasteiger partial charge < -0.3 is 10.6 Å². The molecule has 1 unspecified atom stereocenters. The van der Waals surface area contributed by atoms with Crippen molar-refractivity contribution in [3.8, 4) is 0 Å². The van der Waals surface area contributed by atoms with Crippen molar-refractivity contribution in [2.45, 2.75) is 58.0 Å². The maximum Gasteiger partial charge on any atom is 0.237 e. The maximum atomic E-state index is 12.0. The highest BCUT2D eigenvalue weighted by Crippen LogP contribution is 2.17. The van der Waals surface area contributed by atoms with Gasteiger partial charge in [-0.25, -0.2) is 0 Å². The standard InChI is InChI=1S/C15H29N3O/c1-12-6-9-18(10-7-12)13(2)11-17-15(19)14-5-3-4-8-16-14/h12-14,16H,3-11H2,1-2H3,(H,17,19)/t13?,14-/m1/s1. The average molecular weight is 267 g/mol. The van der Waals surface area contributed by atoms with Gasteiger partial charge in [0.05, 0.1) is 6.04 Å². The summed E-state index contributed by atoms with van der Waals surface area (Å²) in [5.74, 6) is 1.06. The van der Waals surface area contributed by atoms with Crippen LogP contribution in [0.4, 0.5) is 0 Å². The molecular weight excluding hydrogens is 238 g/mol. The molecule has 110 valence electrons. The Labute approximate surface area is 117 Å². The third-order valence-electron chi connectivity index (χ3n) is 4.64. The summed E-state index contributed by atoms with van der Waals surface area (Å²) < 4.78 is 0. The van der Waals surface area contributed by atoms with Crippen molar-refractivity contribution in [3.63, 3.8) is 0 Å². The molecule has 4 heteroatoms. The third kappa shape index (κ3) is 4.46. The lowest BCUT2D eigenvalue weighted by molar-refractivity contribution is -0.123. The first-order chi connectivity index (χ1) is 9.16. The van der Waals surface area contributed by atoms with Gasteiger partial charge in [0.25, 0.3) is 0 Å². The van der Waals surface area contributed by atoms with E-state index in [1.807, 2.05) is 0 Å². The average Bonchev–Trinajstić information content (AvgIpc) is 2.46. The van der Waals surface area contributed by atoms with Gasteiger partial charge in [-0.1, -0.05) is 13.3 Å². The largest absolute Gasteiger partial charge is 0.353 e. The number of amides is 1. The van der Waals surface area contributed by atoms with Gasteiger partial charge >= 0.3 is 0 Å². The molecule has 0 spiro atoms. The molecule has 0 saturated carbocycles. The molecule has 2 saturated heterocycles. The van der Waals surface area contributed by atoms with E-state index in [9.17, 15) is 4.79 Å². The van der Waals surface area contributed by atoms with E-state index in [2.05, 4.69) is 29.4 Å². The topological polar surface area (TPSA) is 44.4 Å². The van der Waals surface area contributed by atoms with Gasteiger partial charge in [-0.05, 0) is 58.2 Å². The first kappa shape index (κ1) is 14.8. The Morgan fingerprint density at radius 1 is 1.32 bits per heavy atom. The molecule has 2 rings (SSSR count). The summed E-state index contributed by atoms with van der Waals surface area (Å²) in [7, 11) is 0. The van der Waals surface area contributed by atoms with Crippen LogP contribution in [0.5, 0.6) is 0 Å². The summed E-state index contributed by atoms with van der Waals surface area (Å²) >= 11 is 0. The highest BCUT2D eigenvalue weighted by atomic mass is 16.2. The van der Waals surface area contributed by atoms with Gasteiger partial charge in [0.2, 0.25) is 5.91 Å². The molecule has 4 nitrogen and oxygen atoms in total. The van der Waals surface area contributed by atoms with Gasteiger partial charge in [-0.15, -0.1) is 0 Å². The van der Waals surface area contributed by atoms with E-state index in [0.717, 1.165) is 25.4 Å². The number of piperidine rings is 2. The fourth-order valence-corrected chi connectivity index (χ4v) is 3.05. The molecule has 0 radical (unpaired) electrons. The molecule has 2 heterocycles. The number of carbonyl (C=O) groups excluding carboxylic acids is 1. The van der Waals surface area contributed by atoms with Crippen LogP contribution in [0, 0.1) is 5.92 Å². The molecule has 2 N–H and O–H groups in total. The van der Waals surface area contributed by atoms with Crippen molar-refractivity contribution >= 4 is 5.91 Å². The number of hydrogen-bond donors (Lipinski definition) is 2. The fraction of sp³-hybridized carbons (Fsp3) is 0.933. The number of nitrogens with zero attached hydrogens (tertiary/aromatic N) is 1. The molecule has 2 aliphatic heterocycles. The van der Waals surface area contributed by atoms with E-state index < -0.39 is 0 Å². The van der Waals surface area contributed by atoms with Crippen molar-refractivity contribution in [2.24, 2.45) is 5.92 Å². The van der Waals surface area contributed by atoms with E-state index in [-0.39, 0.29) is 11.9 Å². The monoisotopic (exact) mass is 267 g/mol. The molecule has 19 heavy (non-hydrogen) atoms. The van der Waals surface area contributed by atoms with Gasteiger partial charge in [0.15, 0.2) is 0 Å². The molecule has 1 amide bonds. The van der Waals surface area contributed by atoms with Crippen molar-refractivity contribution < 1.29 is 4.79 Å². The Morgan fingerprint density at radius 3 is 2.68 bits per heavy atom. The smallest absolute Gasteiger partial charge is 0.237 e. The number of nitrogens with one attached hydrogen (secondary N) is 2. The zero-order valence-electron chi connectivity index (χ0n) is 12.5. The van der Waals surface area contributed by atoms with Crippen LogP contribution in [-0.4, -0.2) is 49.1 Å². The maximum absolute atomic E-state index is 12.0. The van der Waals surface area contributed by atoms with E-state index in [0.29, 0.717) is 6.04 Å². The van der Waals surface area contributed by atoms with Crippen molar-refractivity contribution in [1.82, 2.24) is 15.5 Å². The summed E-state index contributed by atoms with van der Waals surface area (Å²) in [6.45, 7) is 8.69. The van der Waals surface area contributed by atoms with Gasteiger partial charge in [-0.3, -0.25) is 9.69 Å². The quantitative estimate of drug-likeness (QED) is 0.808. The van der Waals surface area contributed by atoms with Crippen LogP contribution in [-0.2, 0) is 4.79 Å². The van der Waals surface area contributed by atoms with Crippen LogP contribution in [0.15, 0.2) is 0 Å². The highest BCUT2D eigenvalue weighted by molar-refractivity contribution is 5.81. The lowest BCUT2D eigenvalue weighted by Gasteiger charge is -2.35. The van der Waals surface area contributed by atoms with Crippen LogP contribution in [0.1, 0.15) is 46.0 Å². The lowest BCUT2D eigenvalue weighted by Crippen LogP contribution is -2.51. The normalized spacial score (nSPS) is 28.0. The SMILES string of the molecule is CC1CCN(C(C)CNC(=O)[C@H]2CCCCN2)CC1. The minimum absolute atomic E-state index is 0.0438. The fourth-order valence-electron chi connectivity index (χ4n) is 3.05. The molecule has 0 aromatic heterocycles. The Balaban J connectivity index is 1.67. The van der Waals surface area contributed by atoms with Crippen LogP contribution >= 0.6 is 0 Å². The van der Waals surface area contributed by atoms with Gasteiger partial charge in [0, 0.05) is 12.6 Å². The summed E-state index contributed by atoms with van der Waals surface area (Å²) in [6.07, 6.45) is 5.95. The number of rotatable bonds is 4. The Kier molecular flexibility index (Phi) is 5.64. The molecular formula is C15H29N3O. The number of hydrogen-bond acceptors (Lipinski definition) is 3. The molecule has 0 aromatic rings. The minimum Gasteiger partial charge on any atom is -0.353 e. The van der Waals surface area contributed by atoms with Gasteiger partial charge in [0.1, 0.15) is 0 Å². The Hall–Kier alpha value is -0.610. The van der Waals surface area contributed by atoms with E-state index >= 15 is 0 Å². The number of carbonyl (C=O) groups is 1. The van der Waals surface area contributed by atoms with Crippen molar-refractivity contribution in [2.75, 3.05) is 26.2 Å². The zero-order chi connectivity index (χ0) is 13.7. The third-order valence-corrected chi connectivity index (χ3v) is 4.64. The molecule has 0 aliphatic carbocycles. The molecule has 0 bridgehead atoms. The van der Waals surface area contributed by atoms with E-state index in [4.69, 9.17) is 0 Å². The molecule has 2 aliphatic rings. The second-order valence-electron chi connectivity index (χ2n) is 6.32. The van der Waals surface area contributed by atoms with E-state index in [1.165, 1.54) is 38.8 Å². The highest BCUT2D eigenvalue weighted by Gasteiger charge is 2.23. The molecule has 0 aromatic carbocycles. The number of likely N-dealkylation sites (tertiary alicyclic amines) is 1. The Morgan fingerprint density at radius 2 is 2.05 bits per heavy atom. The summed E-state index contributed by atoms with van der Waals surface area (Å²) in [5, 5.41) is 6.42. The van der Waals surface area contributed by atoms with Crippen LogP contribution in [0.3, 0.4) is 0 Å². The van der Waals surface area contributed by atoms with Crippen LogP contribution < -0.4 is 10.6 Å². The lowest BCUT2D eigenvalue weighted by atomic mass is 9.98. The minimum atomic E-state index is 0.0438. The van der Waals surface area contributed by atoms with Crippen molar-refractivity contribution in [3.05, 3.63) is 0 Å². The Bertz CT molecular complexity index is 281. The zero-order valence-corrected chi connectivity index (χ0v) is 12.5. The second-order valence-corrected chi connectivity index (χ2v) is 6.32. The molecule has 2 fully saturated rings. The summed E-state index contributed by atoms with van der Waals surface area (Å²) in [6, 6.07) is 0.502. The first-order valence-corrected chi connectivity index (χ1v) is 7.92. The van der Waals surface area contributed by atoms with Crippen LogP contribution in [0.25, 0.3) is 0 Å². The van der Waals surface area contributed by atoms with Crippen LogP contribution in [0.2, 0.25) is 0 Å².